The summed E-state index contributed by atoms with van der Waals surface area (Å²) in [6.07, 6.45) is 0.914. The van der Waals surface area contributed by atoms with Crippen LogP contribution in [0.3, 0.4) is 0 Å². The van der Waals surface area contributed by atoms with Crippen LogP contribution in [0.4, 0.5) is 11.4 Å². The molecule has 0 N–H and O–H groups in total. The van der Waals surface area contributed by atoms with Crippen LogP contribution in [-0.2, 0) is 0 Å². The maximum atomic E-state index is 4.30. The van der Waals surface area contributed by atoms with E-state index in [1.165, 1.54) is 27.7 Å². The molecule has 0 aliphatic heterocycles. The largest absolute Gasteiger partial charge is 0.314 e. The highest BCUT2D eigenvalue weighted by molar-refractivity contribution is 5.97. The van der Waals surface area contributed by atoms with Gasteiger partial charge < -0.3 is 4.90 Å². The maximum absolute atomic E-state index is 4.30. The van der Waals surface area contributed by atoms with Crippen LogP contribution in [0.1, 0.15) is 18.9 Å². The summed E-state index contributed by atoms with van der Waals surface area (Å²) in [5.74, 6) is 0. The van der Waals surface area contributed by atoms with Crippen LogP contribution >= 0.6 is 0 Å². The molecule has 3 aromatic rings. The van der Waals surface area contributed by atoms with E-state index < -0.39 is 0 Å². The first-order chi connectivity index (χ1) is 10.7. The molecule has 0 aliphatic carbocycles. The number of nitrogens with zero attached hydrogens (tertiary/aromatic N) is 1. The highest BCUT2D eigenvalue weighted by Gasteiger charge is 2.16. The molecule has 110 valence electrons. The molecule has 0 unspecified atom stereocenters. The lowest BCUT2D eigenvalue weighted by atomic mass is 10.1. The molecular weight excluding hydrogens is 266 g/mol. The molecule has 1 heteroatoms. The first-order valence-corrected chi connectivity index (χ1v) is 7.73. The predicted octanol–water partition coefficient (Wildman–Crippen LogP) is 6.21. The van der Waals surface area contributed by atoms with Crippen molar-refractivity contribution in [1.29, 1.82) is 0 Å². The Morgan fingerprint density at radius 2 is 1.50 bits per heavy atom. The quantitative estimate of drug-likeness (QED) is 0.551. The number of allylic oxidation sites excluding steroid dienone is 1. The van der Waals surface area contributed by atoms with E-state index in [0.29, 0.717) is 0 Å². The number of rotatable bonds is 4. The molecular formula is C21H21N. The van der Waals surface area contributed by atoms with Gasteiger partial charge in [-0.2, -0.15) is 0 Å². The third kappa shape index (κ3) is 2.50. The molecule has 0 saturated carbocycles. The average molecular weight is 287 g/mol. The Morgan fingerprint density at radius 1 is 0.864 bits per heavy atom. The van der Waals surface area contributed by atoms with Crippen LogP contribution in [0.2, 0.25) is 0 Å². The summed E-state index contributed by atoms with van der Waals surface area (Å²) in [6, 6.07) is 23.4. The molecule has 0 saturated heterocycles. The minimum absolute atomic E-state index is 0.914. The van der Waals surface area contributed by atoms with Crippen molar-refractivity contribution < 1.29 is 0 Å². The Hall–Kier alpha value is -2.54. The average Bonchev–Trinajstić information content (AvgIpc) is 2.57. The van der Waals surface area contributed by atoms with E-state index in [1.807, 2.05) is 0 Å². The van der Waals surface area contributed by atoms with Crippen molar-refractivity contribution in [2.75, 3.05) is 4.90 Å². The van der Waals surface area contributed by atoms with Crippen molar-refractivity contribution in [1.82, 2.24) is 0 Å². The van der Waals surface area contributed by atoms with Gasteiger partial charge in [0.15, 0.2) is 0 Å². The number of aryl methyl sites for hydroxylation is 1. The number of anilines is 2. The van der Waals surface area contributed by atoms with Gasteiger partial charge in [0.05, 0.1) is 5.69 Å². The second kappa shape index (κ2) is 6.07. The highest BCUT2D eigenvalue weighted by atomic mass is 15.1. The molecule has 1 nitrogen and oxygen atoms in total. The number of hydrogen-bond donors (Lipinski definition) is 0. The molecule has 22 heavy (non-hydrogen) atoms. The zero-order chi connectivity index (χ0) is 15.5. The number of para-hydroxylation sites is 1. The Kier molecular flexibility index (Phi) is 3.97. The standard InChI is InChI=1S/C21H21N/c1-4-17(3)22(20-14-8-5-10-16(20)2)21-15-9-12-18-11-6-7-13-19(18)21/h5-15H,3-4H2,1-2H3. The summed E-state index contributed by atoms with van der Waals surface area (Å²) >= 11 is 0. The van der Waals surface area contributed by atoms with E-state index in [-0.39, 0.29) is 0 Å². The zero-order valence-electron chi connectivity index (χ0n) is 13.2. The SMILES string of the molecule is C=C(CC)N(c1ccccc1C)c1cccc2ccccc12. The van der Waals surface area contributed by atoms with Crippen molar-refractivity contribution in [2.24, 2.45) is 0 Å². The topological polar surface area (TPSA) is 3.24 Å². The van der Waals surface area contributed by atoms with Crippen molar-refractivity contribution >= 4 is 22.1 Å². The molecule has 0 aromatic heterocycles. The van der Waals surface area contributed by atoms with Gasteiger partial charge in [0.1, 0.15) is 0 Å². The van der Waals surface area contributed by atoms with E-state index >= 15 is 0 Å². The van der Waals surface area contributed by atoms with Crippen molar-refractivity contribution in [2.45, 2.75) is 20.3 Å². The fraction of sp³-hybridized carbons (Fsp3) is 0.143. The van der Waals surface area contributed by atoms with Gasteiger partial charge in [-0.05, 0) is 36.4 Å². The fourth-order valence-electron chi connectivity index (χ4n) is 2.85. The van der Waals surface area contributed by atoms with Crippen molar-refractivity contribution in [3.8, 4) is 0 Å². The number of hydrogen-bond acceptors (Lipinski definition) is 1. The molecule has 3 aromatic carbocycles. The lowest BCUT2D eigenvalue weighted by molar-refractivity contribution is 1.02. The van der Waals surface area contributed by atoms with Crippen LogP contribution in [0, 0.1) is 6.92 Å². The van der Waals surface area contributed by atoms with E-state index in [9.17, 15) is 0 Å². The second-order valence-corrected chi connectivity index (χ2v) is 5.54. The molecule has 0 radical (unpaired) electrons. The summed E-state index contributed by atoms with van der Waals surface area (Å²) in [7, 11) is 0. The van der Waals surface area contributed by atoms with E-state index in [2.05, 4.69) is 92.1 Å². The fourth-order valence-corrected chi connectivity index (χ4v) is 2.85. The van der Waals surface area contributed by atoms with Gasteiger partial charge >= 0.3 is 0 Å². The summed E-state index contributed by atoms with van der Waals surface area (Å²) in [4.78, 5) is 2.29. The maximum Gasteiger partial charge on any atom is 0.0536 e. The molecule has 0 heterocycles. The smallest absolute Gasteiger partial charge is 0.0536 e. The van der Waals surface area contributed by atoms with E-state index in [1.54, 1.807) is 0 Å². The number of benzene rings is 3. The second-order valence-electron chi connectivity index (χ2n) is 5.54. The lowest BCUT2D eigenvalue weighted by Crippen LogP contribution is -2.16. The molecule has 0 amide bonds. The normalized spacial score (nSPS) is 10.6. The lowest BCUT2D eigenvalue weighted by Gasteiger charge is -2.29. The van der Waals surface area contributed by atoms with Crippen molar-refractivity contribution in [3.05, 3.63) is 84.6 Å². The minimum Gasteiger partial charge on any atom is -0.314 e. The monoisotopic (exact) mass is 287 g/mol. The Bertz CT molecular complexity index is 812. The van der Waals surface area contributed by atoms with E-state index in [4.69, 9.17) is 0 Å². The first kappa shape index (κ1) is 14.4. The Labute approximate surface area is 132 Å². The molecule has 3 rings (SSSR count). The summed E-state index contributed by atoms with van der Waals surface area (Å²) in [5, 5.41) is 2.50. The highest BCUT2D eigenvalue weighted by Crippen LogP contribution is 2.37. The Morgan fingerprint density at radius 3 is 2.27 bits per heavy atom. The third-order valence-electron chi connectivity index (χ3n) is 4.09. The first-order valence-electron chi connectivity index (χ1n) is 7.73. The Balaban J connectivity index is 2.26. The zero-order valence-corrected chi connectivity index (χ0v) is 13.2. The van der Waals surface area contributed by atoms with Gasteiger partial charge in [-0.1, -0.05) is 68.1 Å². The predicted molar refractivity (Wildman–Crippen MR) is 96.7 cm³/mol. The summed E-state index contributed by atoms with van der Waals surface area (Å²) in [6.45, 7) is 8.60. The minimum atomic E-state index is 0.914. The van der Waals surface area contributed by atoms with Crippen molar-refractivity contribution in [3.63, 3.8) is 0 Å². The molecule has 0 atom stereocenters. The van der Waals surface area contributed by atoms with E-state index in [0.717, 1.165) is 12.1 Å². The van der Waals surface area contributed by atoms with Gasteiger partial charge in [0.25, 0.3) is 0 Å². The van der Waals surface area contributed by atoms with Gasteiger partial charge in [0, 0.05) is 16.8 Å². The number of fused-ring (bicyclic) bond motifs is 1. The van der Waals surface area contributed by atoms with Gasteiger partial charge in [-0.3, -0.25) is 0 Å². The summed E-state index contributed by atoms with van der Waals surface area (Å²) < 4.78 is 0. The third-order valence-corrected chi connectivity index (χ3v) is 4.09. The van der Waals surface area contributed by atoms with Gasteiger partial charge in [0.2, 0.25) is 0 Å². The van der Waals surface area contributed by atoms with Crippen LogP contribution < -0.4 is 4.90 Å². The molecule has 0 fully saturated rings. The van der Waals surface area contributed by atoms with Crippen LogP contribution in [-0.4, -0.2) is 0 Å². The van der Waals surface area contributed by atoms with Gasteiger partial charge in [-0.25, -0.2) is 0 Å². The van der Waals surface area contributed by atoms with Gasteiger partial charge in [-0.15, -0.1) is 0 Å². The molecule has 0 bridgehead atoms. The summed E-state index contributed by atoms with van der Waals surface area (Å²) in [5.41, 5.74) is 4.75. The van der Waals surface area contributed by atoms with Crippen LogP contribution in [0.25, 0.3) is 10.8 Å². The van der Waals surface area contributed by atoms with Crippen LogP contribution in [0.5, 0.6) is 0 Å². The molecule has 0 spiro atoms. The van der Waals surface area contributed by atoms with Crippen LogP contribution in [0.15, 0.2) is 79.0 Å². The molecule has 0 aliphatic rings.